The molecule has 3 aliphatic rings. The van der Waals surface area contributed by atoms with E-state index in [1.165, 1.54) is 14.2 Å². The lowest BCUT2D eigenvalue weighted by atomic mass is 9.56. The Morgan fingerprint density at radius 1 is 1.21 bits per heavy atom. The van der Waals surface area contributed by atoms with Crippen LogP contribution < -0.4 is 4.74 Å². The summed E-state index contributed by atoms with van der Waals surface area (Å²) in [5, 5.41) is 31.6. The van der Waals surface area contributed by atoms with Crippen molar-refractivity contribution in [3.63, 3.8) is 0 Å². The number of methoxy groups -OCH3 is 2. The van der Waals surface area contributed by atoms with E-state index in [0.29, 0.717) is 30.8 Å². The van der Waals surface area contributed by atoms with Crippen LogP contribution in [0.1, 0.15) is 24.0 Å². The number of aromatic hydroxyl groups is 1. The highest BCUT2D eigenvalue weighted by Crippen LogP contribution is 2.57. The number of aliphatic hydroxyl groups is 2. The van der Waals surface area contributed by atoms with Crippen LogP contribution in [0.25, 0.3) is 0 Å². The molecule has 3 N–H and O–H groups in total. The van der Waals surface area contributed by atoms with Crippen LogP contribution in [0.3, 0.4) is 0 Å². The second-order valence-corrected chi connectivity index (χ2v) is 6.69. The number of phenolic OH excluding ortho intramolecular Hbond substituents is 1. The fraction of sp³-hybridized carbons (Fsp3) is 0.500. The summed E-state index contributed by atoms with van der Waals surface area (Å²) in [6.07, 6.45) is 1.30. The number of nitrogens with zero attached hydrogens (tertiary/aromatic N) is 1. The number of hydrogen-bond donors (Lipinski definition) is 3. The zero-order chi connectivity index (χ0) is 17.1. The molecule has 4 rings (SSSR count). The third-order valence-corrected chi connectivity index (χ3v) is 5.59. The summed E-state index contributed by atoms with van der Waals surface area (Å²) in [6.45, 7) is 0. The van der Waals surface area contributed by atoms with Crippen molar-refractivity contribution >= 4 is 6.21 Å². The van der Waals surface area contributed by atoms with Crippen molar-refractivity contribution in [2.75, 3.05) is 14.2 Å². The number of rotatable bonds is 2. The van der Waals surface area contributed by atoms with E-state index in [-0.39, 0.29) is 11.8 Å². The van der Waals surface area contributed by atoms with Crippen LogP contribution in [0.15, 0.2) is 28.5 Å². The van der Waals surface area contributed by atoms with E-state index in [2.05, 4.69) is 4.99 Å². The van der Waals surface area contributed by atoms with Gasteiger partial charge in [0.2, 0.25) is 0 Å². The smallest absolute Gasteiger partial charge is 0.162 e. The zero-order valence-corrected chi connectivity index (χ0v) is 13.7. The molecule has 1 aromatic carbocycles. The van der Waals surface area contributed by atoms with Gasteiger partial charge in [-0.1, -0.05) is 6.07 Å². The molecule has 0 saturated carbocycles. The summed E-state index contributed by atoms with van der Waals surface area (Å²) >= 11 is 0. The largest absolute Gasteiger partial charge is 0.504 e. The molecular formula is C18H21NO5. The number of ether oxygens (including phenoxy) is 2. The fourth-order valence-corrected chi connectivity index (χ4v) is 4.65. The molecular weight excluding hydrogens is 310 g/mol. The first-order valence-electron chi connectivity index (χ1n) is 8.09. The number of aliphatic hydroxyl groups excluding tert-OH is 2. The summed E-state index contributed by atoms with van der Waals surface area (Å²) in [5.74, 6) is 0.881. The first-order chi connectivity index (χ1) is 11.5. The van der Waals surface area contributed by atoms with Crippen LogP contribution in [0.5, 0.6) is 11.5 Å². The standard InChI is InChI=1S/C18H21NO5/c1-23-12-4-3-9-7-10-14-17(24-2)15(21)11(20)8-18(14,5-6-19-10)13(9)16(12)22/h3-4,6,10-11,15,20-22H,5,7-8H2,1-2H3/t10-,11-,15-,18-/m0/s1. The molecule has 128 valence electrons. The van der Waals surface area contributed by atoms with Gasteiger partial charge in [-0.05, 0) is 30.9 Å². The highest BCUT2D eigenvalue weighted by Gasteiger charge is 2.55. The molecule has 2 bridgehead atoms. The zero-order valence-electron chi connectivity index (χ0n) is 13.7. The Hall–Kier alpha value is -2.05. The van der Waals surface area contributed by atoms with E-state index < -0.39 is 17.6 Å². The van der Waals surface area contributed by atoms with Crippen molar-refractivity contribution in [2.45, 2.75) is 42.9 Å². The molecule has 0 unspecified atom stereocenters. The van der Waals surface area contributed by atoms with Gasteiger partial charge in [0.15, 0.2) is 11.5 Å². The van der Waals surface area contributed by atoms with Gasteiger partial charge in [-0.25, -0.2) is 0 Å². The molecule has 24 heavy (non-hydrogen) atoms. The minimum Gasteiger partial charge on any atom is -0.504 e. The van der Waals surface area contributed by atoms with Gasteiger partial charge in [0.1, 0.15) is 11.9 Å². The predicted molar refractivity (Wildman–Crippen MR) is 87.6 cm³/mol. The van der Waals surface area contributed by atoms with Crippen molar-refractivity contribution < 1.29 is 24.8 Å². The monoisotopic (exact) mass is 331 g/mol. The van der Waals surface area contributed by atoms with Gasteiger partial charge in [0, 0.05) is 22.8 Å². The fourth-order valence-electron chi connectivity index (χ4n) is 4.65. The number of phenols is 1. The lowest BCUT2D eigenvalue weighted by molar-refractivity contribution is -0.0212. The number of fused-ring (bicyclic) bond motifs is 1. The molecule has 6 nitrogen and oxygen atoms in total. The van der Waals surface area contributed by atoms with Crippen molar-refractivity contribution in [1.29, 1.82) is 0 Å². The van der Waals surface area contributed by atoms with E-state index >= 15 is 0 Å². The minimum absolute atomic E-state index is 0.0975. The molecule has 0 spiro atoms. The van der Waals surface area contributed by atoms with Crippen LogP contribution >= 0.6 is 0 Å². The lowest BCUT2D eigenvalue weighted by Crippen LogP contribution is -2.52. The van der Waals surface area contributed by atoms with Crippen LogP contribution in [0, 0.1) is 0 Å². The van der Waals surface area contributed by atoms with Gasteiger partial charge in [-0.2, -0.15) is 0 Å². The maximum atomic E-state index is 10.8. The summed E-state index contributed by atoms with van der Waals surface area (Å²) in [4.78, 5) is 4.59. The van der Waals surface area contributed by atoms with E-state index in [1.807, 2.05) is 12.3 Å². The van der Waals surface area contributed by atoms with E-state index in [1.54, 1.807) is 6.07 Å². The summed E-state index contributed by atoms with van der Waals surface area (Å²) in [5.41, 5.74) is 2.02. The van der Waals surface area contributed by atoms with Crippen LogP contribution in [0.2, 0.25) is 0 Å². The Balaban J connectivity index is 2.05. The van der Waals surface area contributed by atoms with Gasteiger partial charge in [0.05, 0.1) is 26.4 Å². The van der Waals surface area contributed by atoms with E-state index in [9.17, 15) is 15.3 Å². The maximum Gasteiger partial charge on any atom is 0.162 e. The predicted octanol–water partition coefficient (Wildman–Crippen LogP) is 1.06. The molecule has 2 aliphatic carbocycles. The Bertz CT molecular complexity index is 756. The lowest BCUT2D eigenvalue weighted by Gasteiger charge is -2.51. The first kappa shape index (κ1) is 15.5. The Morgan fingerprint density at radius 3 is 2.71 bits per heavy atom. The first-order valence-corrected chi connectivity index (χ1v) is 8.09. The molecule has 0 aromatic heterocycles. The van der Waals surface area contributed by atoms with Crippen molar-refractivity contribution in [1.82, 2.24) is 0 Å². The van der Waals surface area contributed by atoms with Crippen molar-refractivity contribution in [3.8, 4) is 11.5 Å². The summed E-state index contributed by atoms with van der Waals surface area (Å²) < 4.78 is 10.8. The topological polar surface area (TPSA) is 91.5 Å². The second kappa shape index (κ2) is 5.22. The van der Waals surface area contributed by atoms with Gasteiger partial charge in [-0.3, -0.25) is 4.99 Å². The van der Waals surface area contributed by atoms with Crippen molar-refractivity contribution in [2.24, 2.45) is 4.99 Å². The Labute approximate surface area is 140 Å². The molecule has 0 fully saturated rings. The Kier molecular flexibility index (Phi) is 3.37. The molecule has 0 radical (unpaired) electrons. The van der Waals surface area contributed by atoms with Gasteiger partial charge in [-0.15, -0.1) is 0 Å². The highest BCUT2D eigenvalue weighted by molar-refractivity contribution is 5.72. The third-order valence-electron chi connectivity index (χ3n) is 5.59. The van der Waals surface area contributed by atoms with Crippen LogP contribution in [-0.4, -0.2) is 54.0 Å². The van der Waals surface area contributed by atoms with Gasteiger partial charge in [0.25, 0.3) is 0 Å². The molecule has 1 heterocycles. The average molecular weight is 331 g/mol. The van der Waals surface area contributed by atoms with Crippen LogP contribution in [-0.2, 0) is 16.6 Å². The summed E-state index contributed by atoms with van der Waals surface area (Å²) in [7, 11) is 3.02. The minimum atomic E-state index is -1.07. The maximum absolute atomic E-state index is 10.8. The second-order valence-electron chi connectivity index (χ2n) is 6.69. The molecule has 1 aromatic rings. The van der Waals surface area contributed by atoms with Crippen molar-refractivity contribution in [3.05, 3.63) is 34.6 Å². The Morgan fingerprint density at radius 2 is 2.00 bits per heavy atom. The molecule has 1 aliphatic heterocycles. The number of benzene rings is 1. The molecule has 0 saturated heterocycles. The average Bonchev–Trinajstić information content (AvgIpc) is 2.55. The summed E-state index contributed by atoms with van der Waals surface area (Å²) in [6, 6.07) is 3.56. The molecule has 6 heteroatoms. The molecule has 4 atom stereocenters. The number of hydrogen-bond acceptors (Lipinski definition) is 6. The van der Waals surface area contributed by atoms with E-state index in [0.717, 1.165) is 16.7 Å². The third kappa shape index (κ3) is 1.81. The quantitative estimate of drug-likeness (QED) is 0.754. The molecule has 0 amide bonds. The number of aliphatic imine (C=N–C) groups is 1. The van der Waals surface area contributed by atoms with Crippen LogP contribution in [0.4, 0.5) is 0 Å². The van der Waals surface area contributed by atoms with Gasteiger partial charge < -0.3 is 24.8 Å². The SMILES string of the molecule is COC1=C2[C@@H]3Cc4ccc(OC)c(O)c4[C@]2(CC=N3)C[C@H](O)[C@@H]1O. The van der Waals surface area contributed by atoms with Gasteiger partial charge >= 0.3 is 0 Å². The highest BCUT2D eigenvalue weighted by atomic mass is 16.5. The van der Waals surface area contributed by atoms with E-state index in [4.69, 9.17) is 9.47 Å². The normalized spacial score (nSPS) is 33.8.